The zero-order chi connectivity index (χ0) is 15.0. The van der Waals surface area contributed by atoms with E-state index >= 15 is 0 Å². The molecule has 0 aromatic rings. The molecule has 0 aromatic heterocycles. The second kappa shape index (κ2) is 5.95. The Labute approximate surface area is 128 Å². The molecule has 20 heavy (non-hydrogen) atoms. The molecular formula is C15H30NO2PS. The number of rotatable bonds is 5. The summed E-state index contributed by atoms with van der Waals surface area (Å²) >= 11 is 2.00. The van der Waals surface area contributed by atoms with Crippen LogP contribution in [-0.2, 0) is 9.09 Å². The second-order valence-corrected chi connectivity index (χ2v) is 12.1. The number of hydrogen-bond donors (Lipinski definition) is 1. The Kier molecular flexibility index (Phi) is 5.01. The molecule has 1 aliphatic heterocycles. The zero-order valence-electron chi connectivity index (χ0n) is 13.6. The molecule has 5 heteroatoms. The van der Waals surface area contributed by atoms with E-state index in [1.54, 1.807) is 0 Å². The number of nitrogens with one attached hydrogen (secondary N) is 1. The maximum Gasteiger partial charge on any atom is 0.220 e. The van der Waals surface area contributed by atoms with Gasteiger partial charge < -0.3 is 4.52 Å². The van der Waals surface area contributed by atoms with Gasteiger partial charge in [-0.25, -0.2) is 0 Å². The molecule has 118 valence electrons. The first-order chi connectivity index (χ1) is 9.23. The van der Waals surface area contributed by atoms with Crippen molar-refractivity contribution in [3.05, 3.63) is 0 Å². The van der Waals surface area contributed by atoms with E-state index in [1.807, 2.05) is 18.7 Å². The summed E-state index contributed by atoms with van der Waals surface area (Å²) in [5.74, 6) is 0.411. The summed E-state index contributed by atoms with van der Waals surface area (Å²) in [6, 6.07) is 0. The molecule has 1 N–H and O–H groups in total. The number of hydrogen-bond acceptors (Lipinski definition) is 4. The second-order valence-electron chi connectivity index (χ2n) is 7.19. The Morgan fingerprint density at radius 1 is 1.35 bits per heavy atom. The van der Waals surface area contributed by atoms with Crippen molar-refractivity contribution < 1.29 is 9.09 Å². The van der Waals surface area contributed by atoms with Gasteiger partial charge in [0, 0.05) is 10.9 Å². The average Bonchev–Trinajstić information content (AvgIpc) is 2.91. The van der Waals surface area contributed by atoms with E-state index in [0.717, 1.165) is 0 Å². The standard InChI is InChI=1S/C15H30NO2PS/c1-6-19(17,18-11-12(2)3)13-14(4,5)20-15(16-13)9-7-8-10-15/h12-13,16H,6-11H2,1-5H3. The van der Waals surface area contributed by atoms with Crippen LogP contribution < -0.4 is 5.32 Å². The first kappa shape index (κ1) is 16.9. The van der Waals surface area contributed by atoms with Crippen LogP contribution >= 0.6 is 19.1 Å². The molecule has 0 bridgehead atoms. The van der Waals surface area contributed by atoms with Crippen molar-refractivity contribution >= 4 is 19.1 Å². The largest absolute Gasteiger partial charge is 0.327 e. The molecule has 1 heterocycles. The van der Waals surface area contributed by atoms with Crippen LogP contribution in [0.2, 0.25) is 0 Å². The van der Waals surface area contributed by atoms with E-state index < -0.39 is 7.37 Å². The molecule has 2 unspecified atom stereocenters. The first-order valence-electron chi connectivity index (χ1n) is 7.94. The van der Waals surface area contributed by atoms with Crippen LogP contribution in [0.25, 0.3) is 0 Å². The van der Waals surface area contributed by atoms with Crippen LogP contribution in [0.5, 0.6) is 0 Å². The molecule has 3 nitrogen and oxygen atoms in total. The van der Waals surface area contributed by atoms with Crippen LogP contribution in [0, 0.1) is 5.92 Å². The highest BCUT2D eigenvalue weighted by atomic mass is 32.2. The highest BCUT2D eigenvalue weighted by Crippen LogP contribution is 2.64. The lowest BCUT2D eigenvalue weighted by Gasteiger charge is -2.32. The fraction of sp³-hybridized carbons (Fsp3) is 1.00. The third-order valence-corrected chi connectivity index (χ3v) is 9.27. The van der Waals surface area contributed by atoms with E-state index in [0.29, 0.717) is 18.7 Å². The Balaban J connectivity index is 2.18. The number of thioether (sulfide) groups is 1. The minimum atomic E-state index is -2.63. The summed E-state index contributed by atoms with van der Waals surface area (Å²) in [6.07, 6.45) is 5.59. The molecule has 1 saturated carbocycles. The summed E-state index contributed by atoms with van der Waals surface area (Å²) in [4.78, 5) is 0.153. The maximum absolute atomic E-state index is 13.3. The van der Waals surface area contributed by atoms with Crippen LogP contribution in [-0.4, -0.2) is 28.2 Å². The molecule has 0 amide bonds. The van der Waals surface area contributed by atoms with Crippen molar-refractivity contribution in [2.75, 3.05) is 12.8 Å². The topological polar surface area (TPSA) is 38.3 Å². The predicted molar refractivity (Wildman–Crippen MR) is 88.7 cm³/mol. The monoisotopic (exact) mass is 319 g/mol. The molecular weight excluding hydrogens is 289 g/mol. The van der Waals surface area contributed by atoms with Gasteiger partial charge in [-0.05, 0) is 32.6 Å². The molecule has 0 aromatic carbocycles. The summed E-state index contributed by atoms with van der Waals surface area (Å²) in [6.45, 7) is 11.3. The van der Waals surface area contributed by atoms with Crippen molar-refractivity contribution in [3.8, 4) is 0 Å². The Bertz CT molecular complexity index is 391. The van der Waals surface area contributed by atoms with Gasteiger partial charge in [0.15, 0.2) is 0 Å². The van der Waals surface area contributed by atoms with Gasteiger partial charge in [-0.15, -0.1) is 11.8 Å². The van der Waals surface area contributed by atoms with Gasteiger partial charge in [0.25, 0.3) is 0 Å². The smallest absolute Gasteiger partial charge is 0.220 e. The van der Waals surface area contributed by atoms with E-state index in [2.05, 4.69) is 33.0 Å². The van der Waals surface area contributed by atoms with E-state index in [-0.39, 0.29) is 15.4 Å². The highest BCUT2D eigenvalue weighted by molar-refractivity contribution is 8.02. The Morgan fingerprint density at radius 3 is 2.45 bits per heavy atom. The Hall–Kier alpha value is 0.500. The van der Waals surface area contributed by atoms with Crippen LogP contribution in [0.1, 0.15) is 60.3 Å². The van der Waals surface area contributed by atoms with Gasteiger partial charge in [0.2, 0.25) is 7.37 Å². The summed E-state index contributed by atoms with van der Waals surface area (Å²) in [7, 11) is -2.63. The average molecular weight is 319 g/mol. The highest BCUT2D eigenvalue weighted by Gasteiger charge is 2.57. The summed E-state index contributed by atoms with van der Waals surface area (Å²) in [5.41, 5.74) is 0. The van der Waals surface area contributed by atoms with Gasteiger partial charge >= 0.3 is 0 Å². The van der Waals surface area contributed by atoms with Gasteiger partial charge in [0.1, 0.15) is 0 Å². The van der Waals surface area contributed by atoms with Gasteiger partial charge in [-0.3, -0.25) is 9.88 Å². The van der Waals surface area contributed by atoms with E-state index in [1.165, 1.54) is 25.7 Å². The molecule has 2 rings (SSSR count). The van der Waals surface area contributed by atoms with Crippen molar-refractivity contribution in [1.82, 2.24) is 5.32 Å². The molecule has 1 saturated heterocycles. The molecule has 0 radical (unpaired) electrons. The molecule has 1 aliphatic carbocycles. The fourth-order valence-corrected chi connectivity index (χ4v) is 8.61. The van der Waals surface area contributed by atoms with Gasteiger partial charge in [-0.1, -0.05) is 33.6 Å². The quantitative estimate of drug-likeness (QED) is 0.747. The van der Waals surface area contributed by atoms with Crippen molar-refractivity contribution in [2.45, 2.75) is 75.7 Å². The van der Waals surface area contributed by atoms with E-state index in [9.17, 15) is 4.57 Å². The van der Waals surface area contributed by atoms with Crippen LogP contribution in [0.15, 0.2) is 0 Å². The molecule has 2 aliphatic rings. The predicted octanol–water partition coefficient (Wildman–Crippen LogP) is 4.67. The van der Waals surface area contributed by atoms with Gasteiger partial charge in [-0.2, -0.15) is 0 Å². The van der Waals surface area contributed by atoms with Crippen molar-refractivity contribution in [1.29, 1.82) is 0 Å². The minimum Gasteiger partial charge on any atom is -0.327 e. The maximum atomic E-state index is 13.3. The molecule has 1 spiro atoms. The first-order valence-corrected chi connectivity index (χ1v) is 10.6. The van der Waals surface area contributed by atoms with E-state index in [4.69, 9.17) is 4.52 Å². The van der Waals surface area contributed by atoms with Crippen LogP contribution in [0.3, 0.4) is 0 Å². The van der Waals surface area contributed by atoms with Crippen molar-refractivity contribution in [3.63, 3.8) is 0 Å². The fourth-order valence-electron chi connectivity index (χ4n) is 3.40. The SMILES string of the molecule is CCP(=O)(OCC(C)C)C1NC2(CCCC2)SC1(C)C. The lowest BCUT2D eigenvalue weighted by atomic mass is 10.2. The third kappa shape index (κ3) is 3.29. The molecule has 2 fully saturated rings. The summed E-state index contributed by atoms with van der Waals surface area (Å²) < 4.78 is 19.3. The van der Waals surface area contributed by atoms with Crippen LogP contribution in [0.4, 0.5) is 0 Å². The normalized spacial score (nSPS) is 31.0. The Morgan fingerprint density at radius 2 is 1.95 bits per heavy atom. The van der Waals surface area contributed by atoms with Gasteiger partial charge in [0.05, 0.1) is 17.3 Å². The lowest BCUT2D eigenvalue weighted by Crippen LogP contribution is -2.43. The summed E-state index contributed by atoms with van der Waals surface area (Å²) in [5, 5.41) is 3.75. The third-order valence-electron chi connectivity index (χ3n) is 4.39. The lowest BCUT2D eigenvalue weighted by molar-refractivity contribution is 0.257. The minimum absolute atomic E-state index is 0.0122. The van der Waals surface area contributed by atoms with Crippen molar-refractivity contribution in [2.24, 2.45) is 5.92 Å². The molecule has 2 atom stereocenters. The zero-order valence-corrected chi connectivity index (χ0v) is 15.3.